The molecule has 84 valence electrons. The Balaban J connectivity index is 2.31. The van der Waals surface area contributed by atoms with E-state index < -0.39 is 0 Å². The first-order chi connectivity index (χ1) is 6.97. The summed E-state index contributed by atoms with van der Waals surface area (Å²) >= 11 is 6.90. The number of fused-ring (bicyclic) bond motifs is 1. The predicted molar refractivity (Wildman–Crippen MR) is 65.5 cm³/mol. The maximum atomic E-state index is 12.2. The molecule has 2 aliphatic rings. The lowest BCUT2D eigenvalue weighted by atomic mass is 9.59. The van der Waals surface area contributed by atoms with Gasteiger partial charge >= 0.3 is 0 Å². The van der Waals surface area contributed by atoms with Crippen LogP contribution in [-0.2, 0) is 9.59 Å². The van der Waals surface area contributed by atoms with Crippen LogP contribution in [0.1, 0.15) is 32.6 Å². The summed E-state index contributed by atoms with van der Waals surface area (Å²) in [5.41, 5.74) is -0.297. The average Bonchev–Trinajstić information content (AvgIpc) is 2.21. The lowest BCUT2D eigenvalue weighted by Crippen LogP contribution is -2.52. The third kappa shape index (κ3) is 1.74. The van der Waals surface area contributed by atoms with Gasteiger partial charge in [-0.25, -0.2) is 0 Å². The molecule has 4 atom stereocenters. The van der Waals surface area contributed by atoms with Gasteiger partial charge in [-0.1, -0.05) is 38.8 Å². The van der Waals surface area contributed by atoms with Gasteiger partial charge in [0.15, 0.2) is 5.78 Å². The van der Waals surface area contributed by atoms with Crippen LogP contribution in [0.3, 0.4) is 0 Å². The van der Waals surface area contributed by atoms with Crippen LogP contribution in [0.15, 0.2) is 0 Å². The number of Topliss-reactive ketones (excluding diaryl/α,β-unsaturated/α-hetero) is 2. The number of carbonyl (C=O) groups is 2. The summed E-state index contributed by atoms with van der Waals surface area (Å²) < 4.78 is 0. The van der Waals surface area contributed by atoms with E-state index in [2.05, 4.69) is 31.9 Å². The number of alkyl halides is 2. The van der Waals surface area contributed by atoms with Crippen molar-refractivity contribution in [3.63, 3.8) is 0 Å². The van der Waals surface area contributed by atoms with E-state index >= 15 is 0 Å². The van der Waals surface area contributed by atoms with Gasteiger partial charge in [0.1, 0.15) is 5.78 Å². The van der Waals surface area contributed by atoms with E-state index in [4.69, 9.17) is 0 Å². The molecule has 2 unspecified atom stereocenters. The predicted octanol–water partition coefficient (Wildman–Crippen LogP) is 2.86. The molecule has 0 aliphatic heterocycles. The van der Waals surface area contributed by atoms with Crippen molar-refractivity contribution in [3.05, 3.63) is 0 Å². The molecular formula is C11H14Br2O2. The van der Waals surface area contributed by atoms with Crippen molar-refractivity contribution in [1.29, 1.82) is 0 Å². The molecule has 0 radical (unpaired) electrons. The number of hydrogen-bond donors (Lipinski definition) is 0. The van der Waals surface area contributed by atoms with Crippen LogP contribution >= 0.6 is 31.9 Å². The molecule has 0 aromatic heterocycles. The van der Waals surface area contributed by atoms with E-state index in [-0.39, 0.29) is 32.6 Å². The zero-order valence-electron chi connectivity index (χ0n) is 8.63. The molecule has 0 aromatic carbocycles. The number of carbonyl (C=O) groups excluding carboxylic acids is 2. The van der Waals surface area contributed by atoms with Crippen LogP contribution in [0.4, 0.5) is 0 Å². The van der Waals surface area contributed by atoms with Gasteiger partial charge in [0, 0.05) is 11.8 Å². The third-order valence-corrected chi connectivity index (χ3v) is 5.97. The normalized spacial score (nSPS) is 46.5. The smallest absolute Gasteiger partial charge is 0.152 e. The largest absolute Gasteiger partial charge is 0.298 e. The molecule has 2 saturated carbocycles. The summed E-state index contributed by atoms with van der Waals surface area (Å²) in [6, 6.07) is 0. The average molecular weight is 338 g/mol. The molecule has 0 bridgehead atoms. The number of ketones is 2. The lowest BCUT2D eigenvalue weighted by Gasteiger charge is -2.46. The Morgan fingerprint density at radius 2 is 1.93 bits per heavy atom. The van der Waals surface area contributed by atoms with Gasteiger partial charge < -0.3 is 0 Å². The standard InChI is InChI=1S/C11H14Br2O2/c1-11-5-4-8(14)9(13)6(11)2-3-7(12)10(11)15/h6-7,9H,2-5H2,1H3/t6-,7?,9?,11+/m1/s1. The highest BCUT2D eigenvalue weighted by molar-refractivity contribution is 9.10. The molecule has 0 aromatic rings. The summed E-state index contributed by atoms with van der Waals surface area (Å²) in [6.45, 7) is 2.02. The molecule has 0 saturated heterocycles. The number of hydrogen-bond acceptors (Lipinski definition) is 2. The van der Waals surface area contributed by atoms with Crippen molar-refractivity contribution in [2.75, 3.05) is 0 Å². The van der Waals surface area contributed by atoms with Gasteiger partial charge in [-0.3, -0.25) is 9.59 Å². The summed E-state index contributed by atoms with van der Waals surface area (Å²) in [4.78, 5) is 23.6. The monoisotopic (exact) mass is 336 g/mol. The second-order valence-electron chi connectivity index (χ2n) is 4.80. The maximum Gasteiger partial charge on any atom is 0.152 e. The minimum absolute atomic E-state index is 0.00773. The van der Waals surface area contributed by atoms with Crippen molar-refractivity contribution < 1.29 is 9.59 Å². The van der Waals surface area contributed by atoms with E-state index in [0.29, 0.717) is 6.42 Å². The van der Waals surface area contributed by atoms with Gasteiger partial charge in [0.2, 0.25) is 0 Å². The van der Waals surface area contributed by atoms with Crippen LogP contribution in [0.25, 0.3) is 0 Å². The summed E-state index contributed by atoms with van der Waals surface area (Å²) in [7, 11) is 0. The molecule has 4 heteroatoms. The lowest BCUT2D eigenvalue weighted by molar-refractivity contribution is -0.138. The van der Waals surface area contributed by atoms with Crippen LogP contribution in [0.5, 0.6) is 0 Å². The molecule has 0 spiro atoms. The Hall–Kier alpha value is 0.300. The van der Waals surface area contributed by atoms with Gasteiger partial charge in [-0.05, 0) is 25.2 Å². The van der Waals surface area contributed by atoms with E-state index in [1.165, 1.54) is 0 Å². The molecule has 15 heavy (non-hydrogen) atoms. The number of halogens is 2. The zero-order valence-corrected chi connectivity index (χ0v) is 11.8. The third-order valence-electron chi connectivity index (χ3n) is 3.95. The van der Waals surface area contributed by atoms with Crippen molar-refractivity contribution >= 4 is 43.4 Å². The van der Waals surface area contributed by atoms with Gasteiger partial charge in [0.25, 0.3) is 0 Å². The molecule has 0 heterocycles. The number of rotatable bonds is 0. The molecule has 2 rings (SSSR count). The fourth-order valence-electron chi connectivity index (χ4n) is 2.84. The minimum atomic E-state index is -0.297. The van der Waals surface area contributed by atoms with Crippen molar-refractivity contribution in [1.82, 2.24) is 0 Å². The van der Waals surface area contributed by atoms with E-state index in [1.807, 2.05) is 6.92 Å². The quantitative estimate of drug-likeness (QED) is 0.637. The highest BCUT2D eigenvalue weighted by Crippen LogP contribution is 2.50. The van der Waals surface area contributed by atoms with Gasteiger partial charge in [0.05, 0.1) is 9.65 Å². The van der Waals surface area contributed by atoms with Crippen molar-refractivity contribution in [2.45, 2.75) is 42.3 Å². The van der Waals surface area contributed by atoms with E-state index in [9.17, 15) is 9.59 Å². The topological polar surface area (TPSA) is 34.1 Å². The fraction of sp³-hybridized carbons (Fsp3) is 0.818. The van der Waals surface area contributed by atoms with Gasteiger partial charge in [-0.15, -0.1) is 0 Å². The molecule has 2 nitrogen and oxygen atoms in total. The highest BCUT2D eigenvalue weighted by atomic mass is 79.9. The first kappa shape index (κ1) is 11.8. The molecule has 2 fully saturated rings. The summed E-state index contributed by atoms with van der Waals surface area (Å²) in [5.74, 6) is 0.744. The minimum Gasteiger partial charge on any atom is -0.298 e. The Kier molecular flexibility index (Phi) is 3.10. The van der Waals surface area contributed by atoms with Crippen molar-refractivity contribution in [2.24, 2.45) is 11.3 Å². The van der Waals surface area contributed by atoms with Gasteiger partial charge in [-0.2, -0.15) is 0 Å². The summed E-state index contributed by atoms with van der Waals surface area (Å²) in [5, 5.41) is 0. The molecule has 2 aliphatic carbocycles. The second-order valence-corrected chi connectivity index (χ2v) is 6.89. The zero-order chi connectivity index (χ0) is 11.2. The van der Waals surface area contributed by atoms with Crippen LogP contribution < -0.4 is 0 Å². The van der Waals surface area contributed by atoms with Crippen molar-refractivity contribution in [3.8, 4) is 0 Å². The maximum absolute atomic E-state index is 12.2. The van der Waals surface area contributed by atoms with E-state index in [1.54, 1.807) is 0 Å². The highest BCUT2D eigenvalue weighted by Gasteiger charge is 2.53. The molecule has 0 N–H and O–H groups in total. The first-order valence-electron chi connectivity index (χ1n) is 5.32. The van der Waals surface area contributed by atoms with Crippen LogP contribution in [0, 0.1) is 11.3 Å². The molecular weight excluding hydrogens is 324 g/mol. The van der Waals surface area contributed by atoms with E-state index in [0.717, 1.165) is 19.3 Å². The SMILES string of the molecule is C[C@]12CCC(=O)C(Br)[C@H]1CCC(Br)C2=O. The Bertz CT molecular complexity index is 316. The Morgan fingerprint density at radius 1 is 1.27 bits per heavy atom. The van der Waals surface area contributed by atoms with Crippen LogP contribution in [-0.4, -0.2) is 21.2 Å². The molecule has 0 amide bonds. The fourth-order valence-corrected chi connectivity index (χ4v) is 4.70. The Labute approximate surface area is 106 Å². The summed E-state index contributed by atoms with van der Waals surface area (Å²) in [6.07, 6.45) is 3.07. The second kappa shape index (κ2) is 3.95. The first-order valence-corrected chi connectivity index (χ1v) is 7.15. The van der Waals surface area contributed by atoms with Crippen LogP contribution in [0.2, 0.25) is 0 Å². The Morgan fingerprint density at radius 3 is 2.60 bits per heavy atom.